The second-order valence-electron chi connectivity index (χ2n) is 7.83. The van der Waals surface area contributed by atoms with E-state index < -0.39 is 23.1 Å². The molecule has 0 spiro atoms. The van der Waals surface area contributed by atoms with Crippen LogP contribution in [0.3, 0.4) is 0 Å². The van der Waals surface area contributed by atoms with Gasteiger partial charge in [-0.1, -0.05) is 17.7 Å². The van der Waals surface area contributed by atoms with Crippen LogP contribution in [-0.2, 0) is 4.79 Å². The summed E-state index contributed by atoms with van der Waals surface area (Å²) in [5.74, 6) is -0.288. The molecule has 5 rings (SSSR count). The van der Waals surface area contributed by atoms with Gasteiger partial charge in [0.2, 0.25) is 5.91 Å². The van der Waals surface area contributed by atoms with Gasteiger partial charge in [0.25, 0.3) is 0 Å². The first-order valence-corrected chi connectivity index (χ1v) is 11.3. The lowest BCUT2D eigenvalue weighted by atomic mass is 9.92. The Balaban J connectivity index is 1.56. The zero-order valence-corrected chi connectivity index (χ0v) is 19.7. The minimum Gasteiger partial charge on any atom is -0.508 e. The molecule has 3 aromatic carbocycles. The first-order chi connectivity index (χ1) is 16.9. The van der Waals surface area contributed by atoms with E-state index in [4.69, 9.17) is 27.9 Å². The first-order valence-electron chi connectivity index (χ1n) is 10.5. The molecule has 2 unspecified atom stereocenters. The summed E-state index contributed by atoms with van der Waals surface area (Å²) in [7, 11) is 1.56. The van der Waals surface area contributed by atoms with E-state index >= 15 is 0 Å². The molecule has 2 heterocycles. The number of carbonyl (C=O) groups excluding carboxylic acids is 1. The van der Waals surface area contributed by atoms with Gasteiger partial charge < -0.3 is 9.84 Å². The Kier molecular flexibility index (Phi) is 6.00. The summed E-state index contributed by atoms with van der Waals surface area (Å²) in [5.41, 5.74) is 2.03. The predicted octanol–water partition coefficient (Wildman–Crippen LogP) is 6.85. The van der Waals surface area contributed by atoms with Crippen LogP contribution >= 0.6 is 23.2 Å². The molecular formula is C25H17Cl2FN4O3. The highest BCUT2D eigenvalue weighted by Crippen LogP contribution is 2.48. The van der Waals surface area contributed by atoms with Crippen molar-refractivity contribution < 1.29 is 19.0 Å². The molecule has 0 bridgehead atoms. The highest BCUT2D eigenvalue weighted by atomic mass is 35.5. The molecular weight excluding hydrogens is 494 g/mol. The van der Waals surface area contributed by atoms with Crippen molar-refractivity contribution in [2.45, 2.75) is 11.4 Å². The van der Waals surface area contributed by atoms with Crippen molar-refractivity contribution in [3.63, 3.8) is 0 Å². The van der Waals surface area contributed by atoms with Crippen LogP contribution in [0.2, 0.25) is 5.15 Å². The van der Waals surface area contributed by atoms with Crippen LogP contribution in [0.15, 0.2) is 77.0 Å². The number of nitrogens with zero attached hydrogens (tertiary/aromatic N) is 4. The van der Waals surface area contributed by atoms with E-state index in [1.807, 2.05) is 12.1 Å². The second kappa shape index (κ2) is 9.13. The Morgan fingerprint density at radius 1 is 1.09 bits per heavy atom. The van der Waals surface area contributed by atoms with E-state index in [-0.39, 0.29) is 22.3 Å². The molecule has 2 atom stereocenters. The molecule has 1 saturated heterocycles. The number of aromatic hydroxyl groups is 1. The smallest absolute Gasteiger partial charge is 0.248 e. The number of methoxy groups -OCH3 is 1. The third-order valence-electron chi connectivity index (χ3n) is 5.65. The maximum absolute atomic E-state index is 13.5. The average Bonchev–Trinajstić information content (AvgIpc) is 2.85. The minimum absolute atomic E-state index is 0.0795. The Bertz CT molecular complexity index is 1500. The van der Waals surface area contributed by atoms with Gasteiger partial charge in [0, 0.05) is 29.1 Å². The number of pyridine rings is 1. The van der Waals surface area contributed by atoms with E-state index in [1.165, 1.54) is 41.3 Å². The highest BCUT2D eigenvalue weighted by Gasteiger charge is 2.50. The van der Waals surface area contributed by atoms with E-state index in [1.54, 1.807) is 25.3 Å². The maximum Gasteiger partial charge on any atom is 0.248 e. The van der Waals surface area contributed by atoms with Crippen LogP contribution < -0.4 is 9.64 Å². The molecule has 1 aliphatic heterocycles. The predicted molar refractivity (Wildman–Crippen MR) is 132 cm³/mol. The number of halogens is 3. The Morgan fingerprint density at radius 2 is 1.91 bits per heavy atom. The number of phenolic OH excluding ortho intramolecular Hbond substituents is 1. The van der Waals surface area contributed by atoms with Gasteiger partial charge in [-0.05, 0) is 42.5 Å². The molecule has 1 aliphatic rings. The standard InChI is InChI=1S/C25H17Cl2FN4O3/c1-35-17-7-5-13-9-18(24(27)29-20(13)12-17)23-22(26)25(34)32(23)21-11-16(33)6-8-19(21)31-30-15-4-2-3-14(28)10-15/h2-12,22-23,33H,1H3. The lowest BCUT2D eigenvalue weighted by Gasteiger charge is -2.44. The molecule has 7 nitrogen and oxygen atoms in total. The van der Waals surface area contributed by atoms with E-state index in [9.17, 15) is 14.3 Å². The van der Waals surface area contributed by atoms with Gasteiger partial charge in [0.15, 0.2) is 0 Å². The lowest BCUT2D eigenvalue weighted by Crippen LogP contribution is -2.56. The molecule has 1 fully saturated rings. The van der Waals surface area contributed by atoms with Crippen molar-refractivity contribution in [3.05, 3.63) is 83.3 Å². The normalized spacial score (nSPS) is 17.7. The second-order valence-corrected chi connectivity index (χ2v) is 8.66. The number of β-lactam (4-membered cyclic amide) rings is 1. The quantitative estimate of drug-likeness (QED) is 0.137. The van der Waals surface area contributed by atoms with Gasteiger partial charge in [0.05, 0.1) is 30.0 Å². The highest BCUT2D eigenvalue weighted by molar-refractivity contribution is 6.38. The molecule has 176 valence electrons. The summed E-state index contributed by atoms with van der Waals surface area (Å²) < 4.78 is 18.8. The van der Waals surface area contributed by atoms with Gasteiger partial charge >= 0.3 is 0 Å². The molecule has 35 heavy (non-hydrogen) atoms. The van der Waals surface area contributed by atoms with E-state index in [2.05, 4.69) is 15.2 Å². The molecule has 1 N–H and O–H groups in total. The summed E-state index contributed by atoms with van der Waals surface area (Å²) in [5, 5.41) is 18.5. The lowest BCUT2D eigenvalue weighted by molar-refractivity contribution is -0.123. The number of aromatic nitrogens is 1. The number of fused-ring (bicyclic) bond motifs is 1. The third-order valence-corrected chi connectivity index (χ3v) is 6.38. The monoisotopic (exact) mass is 510 g/mol. The number of carbonyl (C=O) groups is 1. The molecule has 0 aliphatic carbocycles. The number of amides is 1. The van der Waals surface area contributed by atoms with Crippen molar-refractivity contribution >= 4 is 57.1 Å². The van der Waals surface area contributed by atoms with Crippen molar-refractivity contribution in [3.8, 4) is 11.5 Å². The largest absolute Gasteiger partial charge is 0.508 e. The summed E-state index contributed by atoms with van der Waals surface area (Å²) in [6.07, 6.45) is 0. The molecule has 10 heteroatoms. The number of hydrogen-bond acceptors (Lipinski definition) is 6. The number of rotatable bonds is 5. The van der Waals surface area contributed by atoms with Crippen LogP contribution in [0.4, 0.5) is 21.5 Å². The summed E-state index contributed by atoms with van der Waals surface area (Å²) in [6, 6.07) is 16.5. The number of alkyl halides is 1. The van der Waals surface area contributed by atoms with Gasteiger partial charge in [-0.2, -0.15) is 5.11 Å². The molecule has 1 amide bonds. The Hall–Kier alpha value is -3.75. The third kappa shape index (κ3) is 4.26. The Morgan fingerprint density at radius 3 is 2.69 bits per heavy atom. The van der Waals surface area contributed by atoms with Crippen LogP contribution in [-0.4, -0.2) is 28.5 Å². The van der Waals surface area contributed by atoms with Crippen LogP contribution in [0, 0.1) is 5.82 Å². The number of benzene rings is 3. The topological polar surface area (TPSA) is 87.4 Å². The number of ether oxygens (including phenoxy) is 1. The van der Waals surface area contributed by atoms with Crippen molar-refractivity contribution in [1.82, 2.24) is 4.98 Å². The van der Waals surface area contributed by atoms with Crippen LogP contribution in [0.1, 0.15) is 11.6 Å². The summed E-state index contributed by atoms with van der Waals surface area (Å²) in [6.45, 7) is 0. The van der Waals surface area contributed by atoms with Crippen LogP contribution in [0.5, 0.6) is 11.5 Å². The first kappa shape index (κ1) is 23.0. The molecule has 0 radical (unpaired) electrons. The average molecular weight is 511 g/mol. The fourth-order valence-electron chi connectivity index (χ4n) is 3.93. The zero-order valence-electron chi connectivity index (χ0n) is 18.2. The van der Waals surface area contributed by atoms with E-state index in [0.29, 0.717) is 22.5 Å². The summed E-state index contributed by atoms with van der Waals surface area (Å²) >= 11 is 13.0. The Labute approximate surface area is 209 Å². The maximum atomic E-state index is 13.5. The number of hydrogen-bond donors (Lipinski definition) is 1. The van der Waals surface area contributed by atoms with E-state index in [0.717, 1.165) is 5.39 Å². The van der Waals surface area contributed by atoms with Crippen molar-refractivity contribution in [2.75, 3.05) is 12.0 Å². The number of phenols is 1. The van der Waals surface area contributed by atoms with Gasteiger partial charge in [-0.3, -0.25) is 9.69 Å². The van der Waals surface area contributed by atoms with Crippen molar-refractivity contribution in [2.24, 2.45) is 10.2 Å². The van der Waals surface area contributed by atoms with Gasteiger partial charge in [0.1, 0.15) is 33.5 Å². The SMILES string of the molecule is COc1ccc2cc(C3C(Cl)C(=O)N3c3cc(O)ccc3N=Nc3cccc(F)c3)c(Cl)nc2c1. The zero-order chi connectivity index (χ0) is 24.7. The van der Waals surface area contributed by atoms with Crippen molar-refractivity contribution in [1.29, 1.82) is 0 Å². The van der Waals surface area contributed by atoms with Gasteiger partial charge in [-0.25, -0.2) is 9.37 Å². The van der Waals surface area contributed by atoms with Gasteiger partial charge in [-0.15, -0.1) is 16.7 Å². The number of anilines is 1. The van der Waals surface area contributed by atoms with Crippen LogP contribution in [0.25, 0.3) is 10.9 Å². The fraction of sp³-hybridized carbons (Fsp3) is 0.120. The molecule has 0 saturated carbocycles. The molecule has 1 aromatic heterocycles. The molecule has 4 aromatic rings. The minimum atomic E-state index is -0.902. The fourth-order valence-corrected chi connectivity index (χ4v) is 4.54. The number of azo groups is 1. The summed E-state index contributed by atoms with van der Waals surface area (Å²) in [4.78, 5) is 18.8.